The van der Waals surface area contributed by atoms with E-state index in [0.717, 1.165) is 32.2 Å². The van der Waals surface area contributed by atoms with Crippen LogP contribution in [0, 0.1) is 0 Å². The summed E-state index contributed by atoms with van der Waals surface area (Å²) in [5.74, 6) is -0.116. The first kappa shape index (κ1) is 32.5. The summed E-state index contributed by atoms with van der Waals surface area (Å²) in [6, 6.07) is 0. The molecule has 0 aromatic carbocycles. The van der Waals surface area contributed by atoms with Gasteiger partial charge in [-0.1, -0.05) is 84.5 Å². The van der Waals surface area contributed by atoms with Gasteiger partial charge in [-0.2, -0.15) is 8.42 Å². The molecule has 0 saturated carbocycles. The molecule has 0 radical (unpaired) electrons. The highest BCUT2D eigenvalue weighted by molar-refractivity contribution is 7.85. The number of ether oxygens (including phenoxy) is 1. The molecule has 0 amide bonds. The van der Waals surface area contributed by atoms with Crippen LogP contribution >= 0.6 is 0 Å². The van der Waals surface area contributed by atoms with E-state index in [1.807, 2.05) is 6.92 Å². The van der Waals surface area contributed by atoms with Gasteiger partial charge >= 0.3 is 5.97 Å². The average molecular weight is 466 g/mol. The molecular weight excluding hydrogens is 414 g/mol. The summed E-state index contributed by atoms with van der Waals surface area (Å²) in [4.78, 5) is 13.8. The van der Waals surface area contributed by atoms with Crippen LogP contribution in [0.4, 0.5) is 0 Å². The van der Waals surface area contributed by atoms with Gasteiger partial charge in [0.25, 0.3) is 10.1 Å². The Kier molecular flexibility index (Phi) is 25.2. The van der Waals surface area contributed by atoms with Crippen molar-refractivity contribution >= 4 is 16.1 Å². The maximum atomic E-state index is 11.6. The Morgan fingerprint density at radius 3 is 1.68 bits per heavy atom. The maximum Gasteiger partial charge on any atom is 0.305 e. The highest BCUT2D eigenvalue weighted by Crippen LogP contribution is 2.10. The lowest BCUT2D eigenvalue weighted by molar-refractivity contribution is -0.143. The van der Waals surface area contributed by atoms with E-state index in [1.54, 1.807) is 0 Å². The molecule has 0 fully saturated rings. The average Bonchev–Trinajstić information content (AvgIpc) is 2.70. The van der Waals surface area contributed by atoms with Crippen molar-refractivity contribution in [3.63, 3.8) is 0 Å². The Morgan fingerprint density at radius 2 is 1.23 bits per heavy atom. The lowest BCUT2D eigenvalue weighted by atomic mass is 10.1. The number of carbonyl (C=O) groups excluding carboxylic acids is 1. The Hall–Kier alpha value is -0.660. The molecule has 0 unspecified atom stereocenters. The fourth-order valence-electron chi connectivity index (χ4n) is 3.05. The second-order valence-corrected chi connectivity index (χ2v) is 10.2. The summed E-state index contributed by atoms with van der Waals surface area (Å²) < 4.78 is 33.3. The Bertz CT molecular complexity index is 480. The molecule has 1 N–H and O–H groups in total. The number of hydrogen-bond acceptors (Lipinski definition) is 5. The van der Waals surface area contributed by atoms with E-state index in [1.165, 1.54) is 64.2 Å². The zero-order valence-corrected chi connectivity index (χ0v) is 21.7. The first-order valence-corrected chi connectivity index (χ1v) is 14.1. The maximum absolute atomic E-state index is 11.6. The number of esters is 1. The Labute approximate surface area is 193 Å². The smallest absolute Gasteiger partial charge is 0.305 e. The lowest BCUT2D eigenvalue weighted by Crippen LogP contribution is -2.13. The highest BCUT2D eigenvalue weighted by atomic mass is 32.2. The molecule has 6 nitrogen and oxygen atoms in total. The molecule has 7 heteroatoms. The molecule has 188 valence electrons. The minimum Gasteiger partial charge on any atom is -0.466 e. The quantitative estimate of drug-likeness (QED) is 0.130. The van der Waals surface area contributed by atoms with Crippen LogP contribution in [0.3, 0.4) is 0 Å². The molecule has 0 aromatic rings. The first-order valence-electron chi connectivity index (χ1n) is 12.5. The predicted octanol–water partition coefficient (Wildman–Crippen LogP) is 6.25. The lowest BCUT2D eigenvalue weighted by Gasteiger charge is -2.08. The molecule has 0 aliphatic rings. The van der Waals surface area contributed by atoms with Crippen LogP contribution in [-0.2, 0) is 19.6 Å². The van der Waals surface area contributed by atoms with Gasteiger partial charge in [-0.25, -0.2) is 0 Å². The Balaban J connectivity index is 0. The minimum atomic E-state index is -3.69. The molecule has 0 rings (SSSR count). The van der Waals surface area contributed by atoms with Crippen molar-refractivity contribution in [2.45, 2.75) is 117 Å². The van der Waals surface area contributed by atoms with Gasteiger partial charge in [-0.3, -0.25) is 9.35 Å². The van der Waals surface area contributed by atoms with Crippen molar-refractivity contribution in [2.24, 2.45) is 0 Å². The van der Waals surface area contributed by atoms with Crippen molar-refractivity contribution < 1.29 is 22.5 Å². The van der Waals surface area contributed by atoms with Crippen molar-refractivity contribution in [1.29, 1.82) is 0 Å². The number of nitrogens with zero attached hydrogens (tertiary/aromatic N) is 1. The third-order valence-corrected chi connectivity index (χ3v) is 5.81. The van der Waals surface area contributed by atoms with E-state index in [0.29, 0.717) is 19.4 Å². The molecule has 0 heterocycles. The highest BCUT2D eigenvalue weighted by Gasteiger charge is 2.03. The normalized spacial score (nSPS) is 11.3. The molecular formula is C24H51NO5S. The predicted molar refractivity (Wildman–Crippen MR) is 131 cm³/mol. The summed E-state index contributed by atoms with van der Waals surface area (Å²) in [6.45, 7) is 5.85. The molecule has 0 atom stereocenters. The van der Waals surface area contributed by atoms with Crippen molar-refractivity contribution in [2.75, 3.05) is 33.0 Å². The number of unbranched alkanes of at least 4 members (excludes halogenated alkanes) is 12. The van der Waals surface area contributed by atoms with E-state index < -0.39 is 10.1 Å². The first-order chi connectivity index (χ1) is 14.7. The molecule has 0 spiro atoms. The summed E-state index contributed by atoms with van der Waals surface area (Å²) in [5, 5.41) is 0. The summed E-state index contributed by atoms with van der Waals surface area (Å²) >= 11 is 0. The number of carbonyl (C=O) groups is 1. The van der Waals surface area contributed by atoms with Crippen molar-refractivity contribution in [3.8, 4) is 0 Å². The van der Waals surface area contributed by atoms with E-state index in [-0.39, 0.29) is 11.7 Å². The molecule has 0 aromatic heterocycles. The van der Waals surface area contributed by atoms with Crippen molar-refractivity contribution in [3.05, 3.63) is 0 Å². The van der Waals surface area contributed by atoms with Crippen LogP contribution in [0.2, 0.25) is 0 Å². The van der Waals surface area contributed by atoms with Gasteiger partial charge in [0.15, 0.2) is 0 Å². The van der Waals surface area contributed by atoms with Crippen LogP contribution in [0.5, 0.6) is 0 Å². The monoisotopic (exact) mass is 465 g/mol. The van der Waals surface area contributed by atoms with E-state index in [9.17, 15) is 13.2 Å². The fraction of sp³-hybridized carbons (Fsp3) is 0.958. The second-order valence-electron chi connectivity index (χ2n) is 8.66. The zero-order chi connectivity index (χ0) is 23.8. The molecule has 0 bridgehead atoms. The van der Waals surface area contributed by atoms with Gasteiger partial charge in [0.05, 0.1) is 12.4 Å². The summed E-state index contributed by atoms with van der Waals surface area (Å²) in [5.41, 5.74) is 0. The van der Waals surface area contributed by atoms with Gasteiger partial charge in [0.1, 0.15) is 0 Å². The van der Waals surface area contributed by atoms with Gasteiger partial charge in [-0.15, -0.1) is 0 Å². The SMILES string of the molecule is CCCCCCCCCCCCOC(=O)CCCCCN(C)C.CCCCS(=O)(=O)O. The van der Waals surface area contributed by atoms with Gasteiger partial charge in [-0.05, 0) is 46.3 Å². The number of hydrogen-bond donors (Lipinski definition) is 1. The van der Waals surface area contributed by atoms with Gasteiger partial charge < -0.3 is 9.64 Å². The largest absolute Gasteiger partial charge is 0.466 e. The third kappa shape index (κ3) is 34.2. The fourth-order valence-corrected chi connectivity index (χ4v) is 3.70. The summed E-state index contributed by atoms with van der Waals surface area (Å²) in [7, 11) is 0.482. The molecule has 0 saturated heterocycles. The van der Waals surface area contributed by atoms with Crippen LogP contribution in [0.1, 0.15) is 117 Å². The topological polar surface area (TPSA) is 83.9 Å². The van der Waals surface area contributed by atoms with Gasteiger partial charge in [0.2, 0.25) is 0 Å². The van der Waals surface area contributed by atoms with Crippen LogP contribution in [0.25, 0.3) is 0 Å². The zero-order valence-electron chi connectivity index (χ0n) is 20.9. The van der Waals surface area contributed by atoms with Gasteiger partial charge in [0, 0.05) is 6.42 Å². The summed E-state index contributed by atoms with van der Waals surface area (Å²) in [6.07, 6.45) is 18.3. The van der Waals surface area contributed by atoms with E-state index in [4.69, 9.17) is 9.29 Å². The second kappa shape index (κ2) is 24.0. The molecule has 0 aliphatic heterocycles. The van der Waals surface area contributed by atoms with E-state index >= 15 is 0 Å². The van der Waals surface area contributed by atoms with E-state index in [2.05, 4.69) is 25.9 Å². The van der Waals surface area contributed by atoms with Crippen LogP contribution in [-0.4, -0.2) is 56.8 Å². The molecule has 0 aliphatic carbocycles. The standard InChI is InChI=1S/C20H41NO2.C4H10O3S/c1-4-5-6-7-8-9-10-11-12-16-19-23-20(22)17-14-13-15-18-21(2)3;1-2-3-4-8(5,6)7/h4-19H2,1-3H3;2-4H2,1H3,(H,5,6,7). The van der Waals surface area contributed by atoms with Crippen molar-refractivity contribution in [1.82, 2.24) is 4.90 Å². The van der Waals surface area contributed by atoms with Crippen LogP contribution in [0.15, 0.2) is 0 Å². The minimum absolute atomic E-state index is 0.00854. The Morgan fingerprint density at radius 1 is 0.742 bits per heavy atom. The van der Waals surface area contributed by atoms with Crippen LogP contribution < -0.4 is 0 Å². The number of rotatable bonds is 20. The molecule has 31 heavy (non-hydrogen) atoms. The third-order valence-electron chi connectivity index (χ3n) is 5.00.